The van der Waals surface area contributed by atoms with Gasteiger partial charge in [0.15, 0.2) is 11.5 Å². The number of fused-ring (bicyclic) bond motifs is 1. The number of carbonyl (C=O) groups excluding carboxylic acids is 3. The average Bonchev–Trinajstić information content (AvgIpc) is 3.72. The number of esters is 1. The van der Waals surface area contributed by atoms with Crippen LogP contribution in [0.15, 0.2) is 66.7 Å². The maximum absolute atomic E-state index is 14.3. The predicted octanol–water partition coefficient (Wildman–Crippen LogP) is 3.30. The summed E-state index contributed by atoms with van der Waals surface area (Å²) in [5, 5.41) is 11.3. The van der Waals surface area contributed by atoms with Gasteiger partial charge in [-0.15, -0.1) is 5.10 Å². The van der Waals surface area contributed by atoms with Crippen molar-refractivity contribution in [1.82, 2.24) is 20.3 Å². The Labute approximate surface area is 248 Å². The molecule has 0 spiro atoms. The molecule has 2 amide bonds. The number of para-hydroxylation sites is 2. The van der Waals surface area contributed by atoms with Gasteiger partial charge >= 0.3 is 5.97 Å². The maximum Gasteiger partial charge on any atom is 0.337 e. The minimum absolute atomic E-state index is 0.123. The molecule has 224 valence electrons. The van der Waals surface area contributed by atoms with E-state index in [4.69, 9.17) is 18.9 Å². The van der Waals surface area contributed by atoms with Crippen molar-refractivity contribution in [3.05, 3.63) is 77.9 Å². The summed E-state index contributed by atoms with van der Waals surface area (Å²) in [4.78, 5) is 42.0. The highest BCUT2D eigenvalue weighted by Crippen LogP contribution is 2.39. The third-order valence-corrected chi connectivity index (χ3v) is 7.30. The number of rotatable bonds is 11. The maximum atomic E-state index is 14.3. The number of aromatic nitrogens is 3. The van der Waals surface area contributed by atoms with Crippen LogP contribution in [-0.2, 0) is 25.6 Å². The molecule has 1 fully saturated rings. The Bertz CT molecular complexity index is 1600. The highest BCUT2D eigenvalue weighted by Gasteiger charge is 2.36. The molecule has 43 heavy (non-hydrogen) atoms. The second kappa shape index (κ2) is 13.3. The van der Waals surface area contributed by atoms with E-state index in [-0.39, 0.29) is 19.2 Å². The van der Waals surface area contributed by atoms with E-state index in [1.807, 2.05) is 18.2 Å². The van der Waals surface area contributed by atoms with Crippen molar-refractivity contribution in [3.63, 3.8) is 0 Å². The molecule has 0 saturated carbocycles. The fraction of sp³-hybridized carbons (Fsp3) is 0.323. The standard InChI is InChI=1S/C31H33N5O7/c1-40-26-12-6-9-23(29(26)41-2)28(30(38)32-18-22-8-7-17-43-22)36(21-15-13-20(14-16-21)31(39)42-3)27(37)19-35-25-11-5-4-10-24(25)33-34-35/h4-6,9-16,22,28H,7-8,17-19H2,1-3H3,(H,32,38)/t22-,28+/m1/s1. The summed E-state index contributed by atoms with van der Waals surface area (Å²) in [5.41, 5.74) is 2.35. The molecule has 0 aliphatic carbocycles. The van der Waals surface area contributed by atoms with Crippen LogP contribution in [0.3, 0.4) is 0 Å². The van der Waals surface area contributed by atoms with E-state index in [9.17, 15) is 14.4 Å². The van der Waals surface area contributed by atoms with Gasteiger partial charge in [0, 0.05) is 24.4 Å². The van der Waals surface area contributed by atoms with Crippen LogP contribution in [-0.4, -0.2) is 73.4 Å². The van der Waals surface area contributed by atoms with Crippen molar-refractivity contribution in [1.29, 1.82) is 0 Å². The van der Waals surface area contributed by atoms with Gasteiger partial charge in [-0.2, -0.15) is 0 Å². The van der Waals surface area contributed by atoms with Crippen molar-refractivity contribution in [3.8, 4) is 11.5 Å². The van der Waals surface area contributed by atoms with E-state index in [0.717, 1.165) is 12.8 Å². The second-order valence-corrected chi connectivity index (χ2v) is 9.90. The third-order valence-electron chi connectivity index (χ3n) is 7.30. The molecule has 0 unspecified atom stereocenters. The molecular weight excluding hydrogens is 554 g/mol. The topological polar surface area (TPSA) is 134 Å². The van der Waals surface area contributed by atoms with Crippen LogP contribution in [0.4, 0.5) is 5.69 Å². The monoisotopic (exact) mass is 587 g/mol. The Morgan fingerprint density at radius 1 is 1.02 bits per heavy atom. The fourth-order valence-electron chi connectivity index (χ4n) is 5.19. The number of ether oxygens (including phenoxy) is 4. The lowest BCUT2D eigenvalue weighted by atomic mass is 10.0. The van der Waals surface area contributed by atoms with E-state index in [1.54, 1.807) is 36.4 Å². The minimum Gasteiger partial charge on any atom is -0.493 e. The van der Waals surface area contributed by atoms with Crippen molar-refractivity contribution >= 4 is 34.5 Å². The molecule has 1 aliphatic heterocycles. The molecule has 1 saturated heterocycles. The zero-order valence-corrected chi connectivity index (χ0v) is 24.2. The van der Waals surface area contributed by atoms with E-state index < -0.39 is 23.8 Å². The molecule has 12 heteroatoms. The number of anilines is 1. The lowest BCUT2D eigenvalue weighted by molar-refractivity contribution is -0.127. The van der Waals surface area contributed by atoms with Crippen molar-refractivity contribution in [2.24, 2.45) is 0 Å². The van der Waals surface area contributed by atoms with E-state index >= 15 is 0 Å². The number of methoxy groups -OCH3 is 3. The second-order valence-electron chi connectivity index (χ2n) is 9.90. The Morgan fingerprint density at radius 3 is 2.51 bits per heavy atom. The molecule has 4 aromatic rings. The van der Waals surface area contributed by atoms with Gasteiger partial charge in [-0.3, -0.25) is 14.5 Å². The van der Waals surface area contributed by atoms with Gasteiger partial charge in [0.25, 0.3) is 0 Å². The van der Waals surface area contributed by atoms with E-state index in [2.05, 4.69) is 15.6 Å². The number of amides is 2. The van der Waals surface area contributed by atoms with Crippen LogP contribution >= 0.6 is 0 Å². The summed E-state index contributed by atoms with van der Waals surface area (Å²) in [7, 11) is 4.26. The normalized spacial score (nSPS) is 15.1. The zero-order valence-electron chi connectivity index (χ0n) is 24.2. The SMILES string of the molecule is COC(=O)c1ccc(N(C(=O)Cn2nnc3ccccc32)[C@H](C(=O)NC[C@H]2CCCO2)c2cccc(OC)c2OC)cc1. The number of hydrogen-bond donors (Lipinski definition) is 1. The van der Waals surface area contributed by atoms with Crippen molar-refractivity contribution in [2.45, 2.75) is 31.5 Å². The summed E-state index contributed by atoms with van der Waals surface area (Å²) in [6.45, 7) is 0.691. The first-order valence-electron chi connectivity index (χ1n) is 13.8. The van der Waals surface area contributed by atoms with Crippen LogP contribution in [0.1, 0.15) is 34.8 Å². The number of hydrogen-bond acceptors (Lipinski definition) is 9. The molecule has 1 aliphatic rings. The molecule has 2 atom stereocenters. The molecule has 5 rings (SSSR count). The van der Waals surface area contributed by atoms with Gasteiger partial charge in [-0.05, 0) is 55.3 Å². The molecule has 0 radical (unpaired) electrons. The van der Waals surface area contributed by atoms with Gasteiger partial charge in [0.1, 0.15) is 18.1 Å². The summed E-state index contributed by atoms with van der Waals surface area (Å²) < 4.78 is 23.3. The average molecular weight is 588 g/mol. The van der Waals surface area contributed by atoms with Gasteiger partial charge in [0.05, 0.1) is 38.5 Å². The quantitative estimate of drug-likeness (QED) is 0.262. The molecule has 2 heterocycles. The molecule has 12 nitrogen and oxygen atoms in total. The lowest BCUT2D eigenvalue weighted by Gasteiger charge is -2.33. The van der Waals surface area contributed by atoms with Crippen LogP contribution < -0.4 is 19.7 Å². The Kier molecular flexibility index (Phi) is 9.16. The largest absolute Gasteiger partial charge is 0.493 e. The predicted molar refractivity (Wildman–Crippen MR) is 157 cm³/mol. The molecule has 0 bridgehead atoms. The minimum atomic E-state index is -1.20. The smallest absolute Gasteiger partial charge is 0.337 e. The number of benzene rings is 3. The summed E-state index contributed by atoms with van der Waals surface area (Å²) >= 11 is 0. The molecule has 1 aromatic heterocycles. The molecule has 1 N–H and O–H groups in total. The van der Waals surface area contributed by atoms with Crippen LogP contribution in [0.5, 0.6) is 11.5 Å². The van der Waals surface area contributed by atoms with E-state index in [0.29, 0.717) is 46.0 Å². The fourth-order valence-corrected chi connectivity index (χ4v) is 5.19. The molecule has 3 aromatic carbocycles. The Balaban J connectivity index is 1.61. The lowest BCUT2D eigenvalue weighted by Crippen LogP contribution is -2.46. The Morgan fingerprint density at radius 2 is 1.81 bits per heavy atom. The summed E-state index contributed by atoms with van der Waals surface area (Å²) in [6, 6.07) is 17.5. The van der Waals surface area contributed by atoms with Gasteiger partial charge in [0.2, 0.25) is 11.8 Å². The van der Waals surface area contributed by atoms with Crippen molar-refractivity contribution < 1.29 is 33.3 Å². The number of nitrogens with one attached hydrogen (secondary N) is 1. The first-order chi connectivity index (χ1) is 20.9. The van der Waals surface area contributed by atoms with Gasteiger partial charge in [-0.25, -0.2) is 9.48 Å². The zero-order chi connectivity index (χ0) is 30.3. The highest BCUT2D eigenvalue weighted by atomic mass is 16.5. The van der Waals surface area contributed by atoms with Crippen molar-refractivity contribution in [2.75, 3.05) is 39.4 Å². The first-order valence-corrected chi connectivity index (χ1v) is 13.8. The van der Waals surface area contributed by atoms with Gasteiger partial charge in [-0.1, -0.05) is 29.5 Å². The summed E-state index contributed by atoms with van der Waals surface area (Å²) in [5.74, 6) is -0.733. The summed E-state index contributed by atoms with van der Waals surface area (Å²) in [6.07, 6.45) is 1.61. The number of carbonyl (C=O) groups is 3. The van der Waals surface area contributed by atoms with Crippen LogP contribution in [0.25, 0.3) is 11.0 Å². The van der Waals surface area contributed by atoms with Crippen LogP contribution in [0.2, 0.25) is 0 Å². The molecular formula is C31H33N5O7. The van der Waals surface area contributed by atoms with Crippen LogP contribution in [0, 0.1) is 0 Å². The first kappa shape index (κ1) is 29.5. The van der Waals surface area contributed by atoms with Gasteiger partial charge < -0.3 is 24.3 Å². The highest BCUT2D eigenvalue weighted by molar-refractivity contribution is 6.02. The van der Waals surface area contributed by atoms with E-state index in [1.165, 1.54) is 43.0 Å². The third kappa shape index (κ3) is 6.28. The Hall–Kier alpha value is -4.97. The number of nitrogens with zero attached hydrogens (tertiary/aromatic N) is 4.